The van der Waals surface area contributed by atoms with Crippen molar-refractivity contribution in [2.24, 2.45) is 0 Å². The van der Waals surface area contributed by atoms with Crippen molar-refractivity contribution in [3.63, 3.8) is 0 Å². The van der Waals surface area contributed by atoms with Gasteiger partial charge in [0.15, 0.2) is 5.78 Å². The molecule has 0 aromatic rings. The zero-order valence-corrected chi connectivity index (χ0v) is 8.98. The number of Topliss-reactive ketones (excluding diaryl/α,β-unsaturated/α-hetero) is 1. The third kappa shape index (κ3) is 3.02. The fourth-order valence-corrected chi connectivity index (χ4v) is 1.34. The minimum absolute atomic E-state index is 0.0908. The van der Waals surface area contributed by atoms with Gasteiger partial charge in [-0.2, -0.15) is 0 Å². The lowest BCUT2D eigenvalue weighted by atomic mass is 9.96. The Kier molecular flexibility index (Phi) is 5.05. The summed E-state index contributed by atoms with van der Waals surface area (Å²) in [4.78, 5) is 11.2. The molecular weight excluding hydrogens is 160 g/mol. The monoisotopic (exact) mass is 178 g/mol. The van der Waals surface area contributed by atoms with Gasteiger partial charge in [-0.25, -0.2) is 0 Å². The summed E-state index contributed by atoms with van der Waals surface area (Å²) in [5.41, 5.74) is 3.01. The maximum Gasteiger partial charge on any atom is 0.160 e. The van der Waals surface area contributed by atoms with Crippen LogP contribution >= 0.6 is 0 Å². The fraction of sp³-hybridized carbons (Fsp3) is 0.417. The van der Waals surface area contributed by atoms with Gasteiger partial charge in [-0.1, -0.05) is 31.2 Å². The highest BCUT2D eigenvalue weighted by Crippen LogP contribution is 2.19. The van der Waals surface area contributed by atoms with E-state index in [1.165, 1.54) is 0 Å². The molecule has 0 radical (unpaired) electrons. The predicted molar refractivity (Wildman–Crippen MR) is 57.6 cm³/mol. The minimum atomic E-state index is 0.0908. The minimum Gasteiger partial charge on any atom is -0.295 e. The van der Waals surface area contributed by atoms with Crippen molar-refractivity contribution in [1.82, 2.24) is 0 Å². The topological polar surface area (TPSA) is 17.1 Å². The van der Waals surface area contributed by atoms with Crippen LogP contribution in [0, 0.1) is 0 Å². The summed E-state index contributed by atoms with van der Waals surface area (Å²) in [6.07, 6.45) is 4.54. The normalized spacial score (nSPS) is 13.7. The molecule has 0 rings (SSSR count). The molecule has 72 valence electrons. The van der Waals surface area contributed by atoms with Crippen LogP contribution in [0.5, 0.6) is 0 Å². The Morgan fingerprint density at radius 2 is 1.92 bits per heavy atom. The Morgan fingerprint density at radius 1 is 1.38 bits per heavy atom. The average Bonchev–Trinajstić information content (AvgIpc) is 2.12. The van der Waals surface area contributed by atoms with Crippen molar-refractivity contribution < 1.29 is 4.79 Å². The summed E-state index contributed by atoms with van der Waals surface area (Å²) in [7, 11) is 0. The van der Waals surface area contributed by atoms with Gasteiger partial charge in [-0.3, -0.25) is 4.79 Å². The van der Waals surface area contributed by atoms with Gasteiger partial charge in [0.2, 0.25) is 0 Å². The van der Waals surface area contributed by atoms with Crippen LogP contribution in [0.2, 0.25) is 0 Å². The molecule has 0 aromatic carbocycles. The van der Waals surface area contributed by atoms with Gasteiger partial charge in [-0.05, 0) is 32.8 Å². The standard InChI is InChI=1S/C12H18O/c1-6-9(4)11(7-2)12(8-3)10(5)13/h6,8H,3,7H2,1-2,4-5H3/b9-6-,12-11+. The second kappa shape index (κ2) is 5.52. The van der Waals surface area contributed by atoms with Gasteiger partial charge in [0.1, 0.15) is 0 Å². The van der Waals surface area contributed by atoms with Crippen molar-refractivity contribution in [1.29, 1.82) is 0 Å². The number of carbonyl (C=O) groups excluding carboxylic acids is 1. The first-order chi connectivity index (χ1) is 6.08. The number of allylic oxidation sites excluding steroid dienone is 5. The van der Waals surface area contributed by atoms with Gasteiger partial charge in [0.25, 0.3) is 0 Å². The molecule has 0 unspecified atom stereocenters. The Labute approximate surface area is 80.8 Å². The molecule has 0 N–H and O–H groups in total. The smallest absolute Gasteiger partial charge is 0.160 e. The fourth-order valence-electron chi connectivity index (χ4n) is 1.34. The zero-order chi connectivity index (χ0) is 10.4. The highest BCUT2D eigenvalue weighted by atomic mass is 16.1. The average molecular weight is 178 g/mol. The second-order valence-corrected chi connectivity index (χ2v) is 2.98. The summed E-state index contributed by atoms with van der Waals surface area (Å²) >= 11 is 0. The first-order valence-corrected chi connectivity index (χ1v) is 4.58. The van der Waals surface area contributed by atoms with Gasteiger partial charge in [0, 0.05) is 5.57 Å². The van der Waals surface area contributed by atoms with E-state index < -0.39 is 0 Å². The van der Waals surface area contributed by atoms with E-state index in [-0.39, 0.29) is 5.78 Å². The van der Waals surface area contributed by atoms with Gasteiger partial charge >= 0.3 is 0 Å². The summed E-state index contributed by atoms with van der Waals surface area (Å²) in [6.45, 7) is 11.3. The largest absolute Gasteiger partial charge is 0.295 e. The van der Waals surface area contributed by atoms with Crippen molar-refractivity contribution in [2.45, 2.75) is 34.1 Å². The van der Waals surface area contributed by atoms with E-state index in [2.05, 4.69) is 13.5 Å². The quantitative estimate of drug-likeness (QED) is 0.476. The van der Waals surface area contributed by atoms with Crippen LogP contribution < -0.4 is 0 Å². The van der Waals surface area contributed by atoms with Crippen LogP contribution in [0.4, 0.5) is 0 Å². The van der Waals surface area contributed by atoms with E-state index in [1.54, 1.807) is 13.0 Å². The van der Waals surface area contributed by atoms with Crippen LogP contribution in [-0.2, 0) is 4.79 Å². The lowest BCUT2D eigenvalue weighted by Gasteiger charge is -2.08. The van der Waals surface area contributed by atoms with Crippen LogP contribution in [0.15, 0.2) is 35.5 Å². The maximum absolute atomic E-state index is 11.2. The molecular formula is C12H18O. The molecule has 0 saturated carbocycles. The van der Waals surface area contributed by atoms with E-state index in [1.807, 2.05) is 19.9 Å². The molecule has 1 nitrogen and oxygen atoms in total. The molecule has 0 aliphatic carbocycles. The van der Waals surface area contributed by atoms with E-state index in [0.717, 1.165) is 23.1 Å². The third-order valence-electron chi connectivity index (χ3n) is 2.17. The SMILES string of the molecule is C=C/C(C(C)=O)=C(CC)\C(C)=C/C. The van der Waals surface area contributed by atoms with Crippen LogP contribution in [0.1, 0.15) is 34.1 Å². The van der Waals surface area contributed by atoms with Crippen LogP contribution in [0.25, 0.3) is 0 Å². The molecule has 0 aliphatic rings. The Balaban J connectivity index is 5.30. The van der Waals surface area contributed by atoms with Gasteiger partial charge in [0.05, 0.1) is 0 Å². The number of hydrogen-bond acceptors (Lipinski definition) is 1. The molecule has 0 spiro atoms. The van der Waals surface area contributed by atoms with E-state index >= 15 is 0 Å². The molecule has 0 fully saturated rings. The summed E-state index contributed by atoms with van der Waals surface area (Å²) in [5, 5.41) is 0. The van der Waals surface area contributed by atoms with E-state index in [9.17, 15) is 4.79 Å². The van der Waals surface area contributed by atoms with Crippen molar-refractivity contribution in [3.8, 4) is 0 Å². The lowest BCUT2D eigenvalue weighted by molar-refractivity contribution is -0.113. The summed E-state index contributed by atoms with van der Waals surface area (Å²) in [6, 6.07) is 0. The highest BCUT2D eigenvalue weighted by Gasteiger charge is 2.07. The lowest BCUT2D eigenvalue weighted by Crippen LogP contribution is -1.99. The Bertz CT molecular complexity index is 267. The van der Waals surface area contributed by atoms with E-state index in [4.69, 9.17) is 0 Å². The first-order valence-electron chi connectivity index (χ1n) is 4.58. The molecule has 0 amide bonds. The summed E-state index contributed by atoms with van der Waals surface area (Å²) < 4.78 is 0. The van der Waals surface area contributed by atoms with Gasteiger partial charge < -0.3 is 0 Å². The Morgan fingerprint density at radius 3 is 2.15 bits per heavy atom. The van der Waals surface area contributed by atoms with Crippen molar-refractivity contribution >= 4 is 5.78 Å². The maximum atomic E-state index is 11.2. The predicted octanol–water partition coefficient (Wildman–Crippen LogP) is 3.43. The van der Waals surface area contributed by atoms with E-state index in [0.29, 0.717) is 0 Å². The van der Waals surface area contributed by atoms with Crippen molar-refractivity contribution in [3.05, 3.63) is 35.5 Å². The zero-order valence-electron chi connectivity index (χ0n) is 8.98. The molecule has 0 saturated heterocycles. The van der Waals surface area contributed by atoms with Crippen LogP contribution in [0.3, 0.4) is 0 Å². The first kappa shape index (κ1) is 11.9. The summed E-state index contributed by atoms with van der Waals surface area (Å²) in [5.74, 6) is 0.0908. The number of carbonyl (C=O) groups is 1. The number of rotatable bonds is 4. The molecule has 1 heteroatoms. The van der Waals surface area contributed by atoms with Crippen LogP contribution in [-0.4, -0.2) is 5.78 Å². The molecule has 13 heavy (non-hydrogen) atoms. The highest BCUT2D eigenvalue weighted by molar-refractivity contribution is 5.97. The molecule has 0 atom stereocenters. The van der Waals surface area contributed by atoms with Gasteiger partial charge in [-0.15, -0.1) is 0 Å². The number of ketones is 1. The molecule has 0 heterocycles. The molecule has 0 aromatic heterocycles. The third-order valence-corrected chi connectivity index (χ3v) is 2.17. The second-order valence-electron chi connectivity index (χ2n) is 2.98. The van der Waals surface area contributed by atoms with Crippen molar-refractivity contribution in [2.75, 3.05) is 0 Å². The Hall–Kier alpha value is -1.11. The molecule has 0 aliphatic heterocycles. The number of hydrogen-bond donors (Lipinski definition) is 0. The molecule has 0 bridgehead atoms.